The summed E-state index contributed by atoms with van der Waals surface area (Å²) in [5.74, 6) is -0.139. The molecule has 0 spiro atoms. The minimum atomic E-state index is -0.578. The molecule has 28 heavy (non-hydrogen) atoms. The molecule has 0 unspecified atom stereocenters. The van der Waals surface area contributed by atoms with E-state index in [4.69, 9.17) is 16.3 Å². The van der Waals surface area contributed by atoms with E-state index < -0.39 is 5.91 Å². The Morgan fingerprint density at radius 3 is 2.75 bits per heavy atom. The van der Waals surface area contributed by atoms with E-state index >= 15 is 0 Å². The third kappa shape index (κ3) is 4.42. The van der Waals surface area contributed by atoms with Crippen LogP contribution in [-0.2, 0) is 4.79 Å². The van der Waals surface area contributed by atoms with Gasteiger partial charge in [-0.2, -0.15) is 10.4 Å². The molecular formula is C20H14BrClN4O2. The lowest BCUT2D eigenvalue weighted by Crippen LogP contribution is -2.14. The van der Waals surface area contributed by atoms with Gasteiger partial charge in [0.1, 0.15) is 17.4 Å². The van der Waals surface area contributed by atoms with E-state index in [0.717, 1.165) is 10.0 Å². The number of carbonyl (C=O) groups is 1. The van der Waals surface area contributed by atoms with Crippen LogP contribution in [0.4, 0.5) is 5.69 Å². The monoisotopic (exact) mass is 456 g/mol. The molecule has 8 heteroatoms. The number of aromatic amines is 1. The quantitative estimate of drug-likeness (QED) is 0.414. The zero-order valence-electron chi connectivity index (χ0n) is 14.7. The summed E-state index contributed by atoms with van der Waals surface area (Å²) in [5.41, 5.74) is 2.49. The van der Waals surface area contributed by atoms with Crippen LogP contribution in [0.3, 0.4) is 0 Å². The van der Waals surface area contributed by atoms with Crippen LogP contribution in [0.2, 0.25) is 5.02 Å². The highest BCUT2D eigenvalue weighted by Gasteiger charge is 2.15. The summed E-state index contributed by atoms with van der Waals surface area (Å²) < 4.78 is 6.16. The molecule has 1 amide bonds. The Hall–Kier alpha value is -3.08. The summed E-state index contributed by atoms with van der Waals surface area (Å²) in [4.78, 5) is 12.6. The number of benzene rings is 2. The number of methoxy groups -OCH3 is 1. The number of anilines is 1. The zero-order chi connectivity index (χ0) is 20.1. The van der Waals surface area contributed by atoms with Gasteiger partial charge in [0.15, 0.2) is 0 Å². The summed E-state index contributed by atoms with van der Waals surface area (Å²) in [6.07, 6.45) is 3.04. The lowest BCUT2D eigenvalue weighted by molar-refractivity contribution is -0.112. The first-order valence-electron chi connectivity index (χ1n) is 8.08. The highest BCUT2D eigenvalue weighted by Crippen LogP contribution is 2.29. The Labute approximate surface area is 174 Å². The summed E-state index contributed by atoms with van der Waals surface area (Å²) >= 11 is 9.38. The first-order chi connectivity index (χ1) is 13.5. The van der Waals surface area contributed by atoms with E-state index in [1.807, 2.05) is 30.3 Å². The predicted molar refractivity (Wildman–Crippen MR) is 112 cm³/mol. The number of ether oxygens (including phenoxy) is 1. The third-order valence-electron chi connectivity index (χ3n) is 3.88. The van der Waals surface area contributed by atoms with E-state index in [-0.39, 0.29) is 5.57 Å². The summed E-state index contributed by atoms with van der Waals surface area (Å²) in [6.45, 7) is 0. The maximum Gasteiger partial charge on any atom is 0.266 e. The molecule has 2 aromatic carbocycles. The second-order valence-corrected chi connectivity index (χ2v) is 7.03. The van der Waals surface area contributed by atoms with Gasteiger partial charge in [0.25, 0.3) is 5.91 Å². The van der Waals surface area contributed by atoms with Crippen molar-refractivity contribution < 1.29 is 9.53 Å². The zero-order valence-corrected chi connectivity index (χ0v) is 17.0. The van der Waals surface area contributed by atoms with Crippen LogP contribution >= 0.6 is 27.5 Å². The molecule has 140 valence electrons. The summed E-state index contributed by atoms with van der Waals surface area (Å²) in [7, 11) is 1.48. The lowest BCUT2D eigenvalue weighted by Gasteiger charge is -2.10. The van der Waals surface area contributed by atoms with Crippen molar-refractivity contribution in [3.05, 3.63) is 69.3 Å². The van der Waals surface area contributed by atoms with Crippen molar-refractivity contribution in [3.63, 3.8) is 0 Å². The maximum atomic E-state index is 12.6. The number of hydrogen-bond acceptors (Lipinski definition) is 4. The summed E-state index contributed by atoms with van der Waals surface area (Å²) in [5, 5.41) is 19.5. The Kier molecular flexibility index (Phi) is 6.14. The number of H-pyrrole nitrogens is 1. The van der Waals surface area contributed by atoms with Gasteiger partial charge in [0.05, 0.1) is 24.7 Å². The van der Waals surface area contributed by atoms with E-state index in [1.165, 1.54) is 13.2 Å². The molecule has 1 aromatic heterocycles. The maximum absolute atomic E-state index is 12.6. The Balaban J connectivity index is 1.90. The van der Waals surface area contributed by atoms with Gasteiger partial charge in [-0.3, -0.25) is 9.89 Å². The smallest absolute Gasteiger partial charge is 0.266 e. The molecule has 0 aliphatic carbocycles. The van der Waals surface area contributed by atoms with E-state index in [0.29, 0.717) is 27.7 Å². The first kappa shape index (κ1) is 19.7. The van der Waals surface area contributed by atoms with Crippen LogP contribution in [0, 0.1) is 11.3 Å². The molecule has 2 N–H and O–H groups in total. The third-order valence-corrected chi connectivity index (χ3v) is 4.64. The largest absolute Gasteiger partial charge is 0.495 e. The Morgan fingerprint density at radius 1 is 1.32 bits per heavy atom. The van der Waals surface area contributed by atoms with Crippen molar-refractivity contribution in [1.29, 1.82) is 5.26 Å². The number of rotatable bonds is 5. The standard InChI is InChI=1S/C20H14BrClN4O2/c1-28-18-7-6-16(22)9-17(18)25-20(27)13(10-23)8-14-11-24-26-19(14)12-2-4-15(21)5-3-12/h2-9,11H,1H3,(H,24,26)(H,25,27). The molecule has 3 aromatic rings. The topological polar surface area (TPSA) is 90.8 Å². The van der Waals surface area contributed by atoms with Crippen LogP contribution in [0.1, 0.15) is 5.56 Å². The van der Waals surface area contributed by atoms with Gasteiger partial charge in [0.2, 0.25) is 0 Å². The van der Waals surface area contributed by atoms with Crippen LogP contribution in [0.15, 0.2) is 58.7 Å². The van der Waals surface area contributed by atoms with Crippen LogP contribution in [0.5, 0.6) is 5.75 Å². The normalized spacial score (nSPS) is 11.0. The Morgan fingerprint density at radius 2 is 2.07 bits per heavy atom. The van der Waals surface area contributed by atoms with Gasteiger partial charge in [0, 0.05) is 20.6 Å². The fraction of sp³-hybridized carbons (Fsp3) is 0.0500. The first-order valence-corrected chi connectivity index (χ1v) is 9.25. The Bertz CT molecular complexity index is 1080. The number of nitrogens with zero attached hydrogens (tertiary/aromatic N) is 2. The fourth-order valence-electron chi connectivity index (χ4n) is 2.52. The van der Waals surface area contributed by atoms with Crippen molar-refractivity contribution in [2.24, 2.45) is 0 Å². The fourth-order valence-corrected chi connectivity index (χ4v) is 2.96. The SMILES string of the molecule is COc1ccc(Cl)cc1NC(=O)C(C#N)=Cc1cn[nH]c1-c1ccc(Br)cc1. The minimum Gasteiger partial charge on any atom is -0.495 e. The van der Waals surface area contributed by atoms with Crippen molar-refractivity contribution >= 4 is 45.2 Å². The van der Waals surface area contributed by atoms with E-state index in [2.05, 4.69) is 31.4 Å². The molecule has 0 saturated carbocycles. The molecule has 0 fully saturated rings. The molecule has 6 nitrogen and oxygen atoms in total. The molecule has 0 saturated heterocycles. The number of carbonyl (C=O) groups excluding carboxylic acids is 1. The van der Waals surface area contributed by atoms with Gasteiger partial charge in [-0.15, -0.1) is 0 Å². The van der Waals surface area contributed by atoms with Crippen LogP contribution in [0.25, 0.3) is 17.3 Å². The number of nitrogens with one attached hydrogen (secondary N) is 2. The molecule has 0 aliphatic rings. The highest BCUT2D eigenvalue weighted by molar-refractivity contribution is 9.10. The molecule has 0 bridgehead atoms. The average molecular weight is 458 g/mol. The summed E-state index contributed by atoms with van der Waals surface area (Å²) in [6, 6.07) is 14.4. The van der Waals surface area contributed by atoms with Crippen molar-refractivity contribution in [1.82, 2.24) is 10.2 Å². The van der Waals surface area contributed by atoms with E-state index in [1.54, 1.807) is 24.4 Å². The van der Waals surface area contributed by atoms with Crippen LogP contribution < -0.4 is 10.1 Å². The predicted octanol–water partition coefficient (Wildman–Crippen LogP) is 5.05. The van der Waals surface area contributed by atoms with Crippen molar-refractivity contribution in [3.8, 4) is 23.1 Å². The molecular weight excluding hydrogens is 444 g/mol. The van der Waals surface area contributed by atoms with Gasteiger partial charge in [-0.1, -0.05) is 39.7 Å². The second kappa shape index (κ2) is 8.74. The highest BCUT2D eigenvalue weighted by atomic mass is 79.9. The number of halogens is 2. The van der Waals surface area contributed by atoms with Gasteiger partial charge >= 0.3 is 0 Å². The number of nitriles is 1. The number of aromatic nitrogens is 2. The lowest BCUT2D eigenvalue weighted by atomic mass is 10.1. The minimum absolute atomic E-state index is 0.0817. The van der Waals surface area contributed by atoms with Gasteiger partial charge in [-0.05, 0) is 36.4 Å². The van der Waals surface area contributed by atoms with Crippen LogP contribution in [-0.4, -0.2) is 23.2 Å². The van der Waals surface area contributed by atoms with Gasteiger partial charge < -0.3 is 10.1 Å². The van der Waals surface area contributed by atoms with E-state index in [9.17, 15) is 10.1 Å². The van der Waals surface area contributed by atoms with Crippen molar-refractivity contribution in [2.45, 2.75) is 0 Å². The van der Waals surface area contributed by atoms with Crippen molar-refractivity contribution in [2.75, 3.05) is 12.4 Å². The molecule has 0 radical (unpaired) electrons. The second-order valence-electron chi connectivity index (χ2n) is 5.68. The number of amides is 1. The van der Waals surface area contributed by atoms with Gasteiger partial charge in [-0.25, -0.2) is 0 Å². The number of hydrogen-bond donors (Lipinski definition) is 2. The molecule has 3 rings (SSSR count). The molecule has 1 heterocycles. The molecule has 0 aliphatic heterocycles. The molecule has 0 atom stereocenters. The average Bonchev–Trinajstić information content (AvgIpc) is 3.15.